The van der Waals surface area contributed by atoms with Gasteiger partial charge in [0.1, 0.15) is 5.82 Å². The van der Waals surface area contributed by atoms with Gasteiger partial charge in [0, 0.05) is 23.0 Å². The number of aromatic amines is 1. The highest BCUT2D eigenvalue weighted by molar-refractivity contribution is 8.00. The Morgan fingerprint density at radius 3 is 2.40 bits per heavy atom. The molecule has 0 aliphatic rings. The van der Waals surface area contributed by atoms with E-state index in [2.05, 4.69) is 35.4 Å². The molecule has 0 saturated carbocycles. The summed E-state index contributed by atoms with van der Waals surface area (Å²) in [4.78, 5) is 19.2. The number of hydrogen-bond acceptors (Lipinski definition) is 4. The van der Waals surface area contributed by atoms with Gasteiger partial charge in [-0.05, 0) is 39.9 Å². The third kappa shape index (κ3) is 3.85. The van der Waals surface area contributed by atoms with Gasteiger partial charge in [-0.3, -0.25) is 4.79 Å². The molecular weight excluding hydrogens is 270 g/mol. The van der Waals surface area contributed by atoms with Gasteiger partial charge in [-0.25, -0.2) is 4.98 Å². The summed E-state index contributed by atoms with van der Waals surface area (Å²) in [5, 5.41) is 3.51. The van der Waals surface area contributed by atoms with Crippen LogP contribution in [0.15, 0.2) is 4.79 Å². The van der Waals surface area contributed by atoms with Gasteiger partial charge in [0.15, 0.2) is 0 Å². The van der Waals surface area contributed by atoms with Gasteiger partial charge in [-0.15, -0.1) is 0 Å². The van der Waals surface area contributed by atoms with Crippen molar-refractivity contribution in [2.75, 3.05) is 12.8 Å². The van der Waals surface area contributed by atoms with Gasteiger partial charge in [0.05, 0.1) is 5.56 Å². The molecule has 1 atom stereocenters. The van der Waals surface area contributed by atoms with Crippen LogP contribution in [0.5, 0.6) is 0 Å². The molecule has 0 bridgehead atoms. The first-order chi connectivity index (χ1) is 9.39. The summed E-state index contributed by atoms with van der Waals surface area (Å²) in [6.45, 7) is 11.1. The van der Waals surface area contributed by atoms with Crippen molar-refractivity contribution >= 4 is 11.8 Å². The minimum atomic E-state index is -0.0299. The molecule has 0 fully saturated rings. The average Bonchev–Trinajstić information content (AvgIpc) is 2.39. The van der Waals surface area contributed by atoms with Crippen LogP contribution in [0.3, 0.4) is 0 Å². The largest absolute Gasteiger partial charge is 0.310 e. The van der Waals surface area contributed by atoms with E-state index in [0.717, 1.165) is 30.6 Å². The van der Waals surface area contributed by atoms with Crippen LogP contribution in [-0.4, -0.2) is 27.5 Å². The van der Waals surface area contributed by atoms with Crippen LogP contribution in [-0.2, 0) is 0 Å². The van der Waals surface area contributed by atoms with Gasteiger partial charge in [-0.2, -0.15) is 11.8 Å². The zero-order chi connectivity index (χ0) is 15.3. The van der Waals surface area contributed by atoms with E-state index >= 15 is 0 Å². The third-order valence-electron chi connectivity index (χ3n) is 4.15. The molecule has 0 spiro atoms. The van der Waals surface area contributed by atoms with Crippen LogP contribution in [0.4, 0.5) is 0 Å². The molecule has 0 amide bonds. The number of nitrogens with zero attached hydrogens (tertiary/aromatic N) is 1. The molecule has 1 unspecified atom stereocenters. The molecule has 0 aliphatic carbocycles. The maximum absolute atomic E-state index is 12.1. The van der Waals surface area contributed by atoms with E-state index in [1.54, 1.807) is 0 Å². The monoisotopic (exact) mass is 297 g/mol. The topological polar surface area (TPSA) is 57.8 Å². The van der Waals surface area contributed by atoms with Crippen molar-refractivity contribution in [3.63, 3.8) is 0 Å². The lowest BCUT2D eigenvalue weighted by atomic mass is 10.0. The maximum atomic E-state index is 12.1. The first-order valence-electron chi connectivity index (χ1n) is 7.25. The van der Waals surface area contributed by atoms with Crippen molar-refractivity contribution in [2.45, 2.75) is 58.2 Å². The fourth-order valence-corrected chi connectivity index (χ4v) is 3.35. The fraction of sp³-hybridized carbons (Fsp3) is 0.733. The molecule has 1 rings (SSSR count). The summed E-state index contributed by atoms with van der Waals surface area (Å²) in [6, 6.07) is 0.0106. The lowest BCUT2D eigenvalue weighted by molar-refractivity contribution is 0.456. The molecule has 1 aromatic heterocycles. The molecule has 0 aliphatic heterocycles. The Balaban J connectivity index is 2.87. The highest BCUT2D eigenvalue weighted by Crippen LogP contribution is 2.30. The van der Waals surface area contributed by atoms with Gasteiger partial charge in [-0.1, -0.05) is 13.8 Å². The Kier molecular flexibility index (Phi) is 6.27. The Labute approximate surface area is 126 Å². The number of thioether (sulfide) groups is 1. The molecule has 2 N–H and O–H groups in total. The first kappa shape index (κ1) is 17.2. The zero-order valence-electron chi connectivity index (χ0n) is 13.5. The molecule has 4 nitrogen and oxygen atoms in total. The molecule has 1 heterocycles. The molecule has 0 saturated heterocycles. The van der Waals surface area contributed by atoms with Crippen molar-refractivity contribution in [1.29, 1.82) is 0 Å². The Hall–Kier alpha value is -0.810. The molecule has 0 radical (unpaired) electrons. The van der Waals surface area contributed by atoms with Crippen LogP contribution in [0.25, 0.3) is 0 Å². The predicted molar refractivity (Wildman–Crippen MR) is 87.6 cm³/mol. The van der Waals surface area contributed by atoms with Crippen LogP contribution in [0.1, 0.15) is 56.7 Å². The highest BCUT2D eigenvalue weighted by Gasteiger charge is 2.26. The van der Waals surface area contributed by atoms with E-state index < -0.39 is 0 Å². The molecule has 5 heteroatoms. The van der Waals surface area contributed by atoms with Crippen LogP contribution in [0, 0.1) is 13.8 Å². The highest BCUT2D eigenvalue weighted by atomic mass is 32.2. The molecular formula is C15H27N3OS. The van der Waals surface area contributed by atoms with Crippen molar-refractivity contribution < 1.29 is 0 Å². The van der Waals surface area contributed by atoms with Crippen LogP contribution >= 0.6 is 11.8 Å². The van der Waals surface area contributed by atoms with Crippen molar-refractivity contribution in [1.82, 2.24) is 15.3 Å². The Bertz CT molecular complexity index is 486. The normalized spacial score (nSPS) is 13.5. The molecule has 1 aromatic rings. The minimum absolute atomic E-state index is 0.0106. The van der Waals surface area contributed by atoms with Crippen molar-refractivity contribution in [2.24, 2.45) is 0 Å². The number of H-pyrrole nitrogens is 1. The second-order valence-electron chi connectivity index (χ2n) is 5.35. The second kappa shape index (κ2) is 7.27. The summed E-state index contributed by atoms with van der Waals surface area (Å²) >= 11 is 1.90. The number of rotatable bonds is 7. The number of nitrogens with one attached hydrogen (secondary N) is 2. The number of hydrogen-bond donors (Lipinski definition) is 2. The van der Waals surface area contributed by atoms with E-state index in [1.165, 1.54) is 0 Å². The van der Waals surface area contributed by atoms with Gasteiger partial charge < -0.3 is 10.3 Å². The average molecular weight is 297 g/mol. The first-order valence-corrected chi connectivity index (χ1v) is 8.47. The number of aryl methyl sites for hydroxylation is 2. The van der Waals surface area contributed by atoms with Crippen LogP contribution < -0.4 is 10.9 Å². The zero-order valence-corrected chi connectivity index (χ0v) is 14.3. The van der Waals surface area contributed by atoms with E-state index in [9.17, 15) is 4.79 Å². The third-order valence-corrected chi connectivity index (χ3v) is 5.74. The lowest BCUT2D eigenvalue weighted by Gasteiger charge is -2.31. The van der Waals surface area contributed by atoms with Crippen LogP contribution in [0.2, 0.25) is 0 Å². The summed E-state index contributed by atoms with van der Waals surface area (Å²) in [7, 11) is 0. The summed E-state index contributed by atoms with van der Waals surface area (Å²) in [5.74, 6) is 0.670. The summed E-state index contributed by atoms with van der Waals surface area (Å²) in [5.41, 5.74) is 1.53. The molecule has 20 heavy (non-hydrogen) atoms. The quantitative estimate of drug-likeness (QED) is 0.812. The maximum Gasteiger partial charge on any atom is 0.255 e. The van der Waals surface area contributed by atoms with Gasteiger partial charge >= 0.3 is 0 Å². The molecule has 0 aromatic carbocycles. The smallest absolute Gasteiger partial charge is 0.255 e. The predicted octanol–water partition coefficient (Wildman–Crippen LogP) is 2.96. The minimum Gasteiger partial charge on any atom is -0.310 e. The Morgan fingerprint density at radius 2 is 1.95 bits per heavy atom. The summed E-state index contributed by atoms with van der Waals surface area (Å²) in [6.07, 6.45) is 4.39. The van der Waals surface area contributed by atoms with Crippen molar-refractivity contribution in [3.8, 4) is 0 Å². The van der Waals surface area contributed by atoms with E-state index in [-0.39, 0.29) is 16.3 Å². The van der Waals surface area contributed by atoms with Gasteiger partial charge in [0.2, 0.25) is 0 Å². The van der Waals surface area contributed by atoms with E-state index in [0.29, 0.717) is 5.82 Å². The van der Waals surface area contributed by atoms with Crippen molar-refractivity contribution in [3.05, 3.63) is 27.4 Å². The lowest BCUT2D eigenvalue weighted by Crippen LogP contribution is -2.39. The standard InChI is InChI=1S/C15H27N3OS/c1-7-15(8-2,20-6)9-16-10(3)13-11(4)17-12(5)18-14(13)19/h10,16H,7-9H2,1-6H3,(H,17,18,19). The van der Waals surface area contributed by atoms with E-state index in [1.807, 2.05) is 32.5 Å². The van der Waals surface area contributed by atoms with Gasteiger partial charge in [0.25, 0.3) is 5.56 Å². The SMILES string of the molecule is CCC(CC)(CNC(C)c1c(C)nc(C)[nH]c1=O)SC. The van der Waals surface area contributed by atoms with E-state index in [4.69, 9.17) is 0 Å². The number of aromatic nitrogens is 2. The Morgan fingerprint density at radius 1 is 1.35 bits per heavy atom. The summed E-state index contributed by atoms with van der Waals surface area (Å²) < 4.78 is 0.243. The fourth-order valence-electron chi connectivity index (χ4n) is 2.55. The molecule has 114 valence electrons. The second-order valence-corrected chi connectivity index (χ2v) is 6.62.